The van der Waals surface area contributed by atoms with Gasteiger partial charge in [0.05, 0.1) is 5.75 Å². The zero-order chi connectivity index (χ0) is 16.3. The molecule has 4 heteroatoms. The molecule has 0 saturated heterocycles. The van der Waals surface area contributed by atoms with Gasteiger partial charge in [-0.2, -0.15) is 0 Å². The minimum absolute atomic E-state index is 0.201. The fraction of sp³-hybridized carbons (Fsp3) is 0.474. The molecular weight excluding hydrogens is 306 g/mol. The molecule has 0 amide bonds. The Kier molecular flexibility index (Phi) is 5.02. The number of fused-ring (bicyclic) bond motifs is 1. The summed E-state index contributed by atoms with van der Waals surface area (Å²) in [5, 5.41) is 2.32. The average Bonchev–Trinajstić information content (AvgIpc) is 2.54. The molecule has 0 heterocycles. The van der Waals surface area contributed by atoms with Gasteiger partial charge in [0, 0.05) is 6.04 Å². The van der Waals surface area contributed by atoms with Crippen LogP contribution in [0.15, 0.2) is 42.5 Å². The highest BCUT2D eigenvalue weighted by molar-refractivity contribution is 7.89. The van der Waals surface area contributed by atoms with Crippen molar-refractivity contribution in [3.8, 4) is 0 Å². The predicted molar refractivity (Wildman–Crippen MR) is 95.9 cm³/mol. The average molecular weight is 331 g/mol. The summed E-state index contributed by atoms with van der Waals surface area (Å²) in [6.07, 6.45) is 5.68. The lowest BCUT2D eigenvalue weighted by Gasteiger charge is -2.23. The van der Waals surface area contributed by atoms with E-state index in [0.717, 1.165) is 23.8 Å². The molecule has 1 N–H and O–H groups in total. The normalized spacial score (nSPS) is 18.1. The lowest BCUT2D eigenvalue weighted by Crippen LogP contribution is -2.32. The summed E-state index contributed by atoms with van der Waals surface area (Å²) >= 11 is 0. The first kappa shape index (κ1) is 16.5. The Hall–Kier alpha value is -1.39. The maximum Gasteiger partial charge on any atom is 0.212 e. The van der Waals surface area contributed by atoms with Crippen molar-refractivity contribution in [3.05, 3.63) is 48.0 Å². The Morgan fingerprint density at radius 1 is 1.04 bits per heavy atom. The molecule has 2 aromatic rings. The van der Waals surface area contributed by atoms with Crippen LogP contribution in [0.25, 0.3) is 10.8 Å². The molecule has 0 unspecified atom stereocenters. The number of sulfonamides is 1. The molecule has 0 aliphatic heterocycles. The van der Waals surface area contributed by atoms with Gasteiger partial charge in [0.15, 0.2) is 0 Å². The molecule has 1 fully saturated rings. The van der Waals surface area contributed by atoms with Crippen molar-refractivity contribution in [3.63, 3.8) is 0 Å². The van der Waals surface area contributed by atoms with Crippen LogP contribution in [0.2, 0.25) is 0 Å². The van der Waals surface area contributed by atoms with Gasteiger partial charge in [-0.1, -0.05) is 55.7 Å². The third-order valence-electron chi connectivity index (χ3n) is 4.81. The third-order valence-corrected chi connectivity index (χ3v) is 6.43. The molecule has 3 rings (SSSR count). The van der Waals surface area contributed by atoms with E-state index in [1.807, 2.05) is 25.1 Å². The van der Waals surface area contributed by atoms with Crippen molar-refractivity contribution >= 4 is 20.8 Å². The molecule has 1 saturated carbocycles. The molecule has 23 heavy (non-hydrogen) atoms. The van der Waals surface area contributed by atoms with Gasteiger partial charge in [0.1, 0.15) is 0 Å². The summed E-state index contributed by atoms with van der Waals surface area (Å²) in [5.74, 6) is 0.593. The van der Waals surface area contributed by atoms with Crippen LogP contribution >= 0.6 is 0 Å². The first-order valence-electron chi connectivity index (χ1n) is 8.52. The summed E-state index contributed by atoms with van der Waals surface area (Å²) in [6.45, 7) is 1.92. The monoisotopic (exact) mass is 331 g/mol. The quantitative estimate of drug-likeness (QED) is 0.882. The van der Waals surface area contributed by atoms with Crippen LogP contribution < -0.4 is 4.72 Å². The van der Waals surface area contributed by atoms with Gasteiger partial charge >= 0.3 is 0 Å². The summed E-state index contributed by atoms with van der Waals surface area (Å²) in [6, 6.07) is 14.1. The van der Waals surface area contributed by atoms with E-state index in [-0.39, 0.29) is 11.8 Å². The van der Waals surface area contributed by atoms with E-state index < -0.39 is 10.0 Å². The first-order chi connectivity index (χ1) is 11.0. The highest BCUT2D eigenvalue weighted by atomic mass is 32.2. The molecule has 124 valence electrons. The van der Waals surface area contributed by atoms with Crippen LogP contribution in [-0.4, -0.2) is 14.2 Å². The Morgan fingerprint density at radius 3 is 2.48 bits per heavy atom. The van der Waals surface area contributed by atoms with Gasteiger partial charge < -0.3 is 0 Å². The Morgan fingerprint density at radius 2 is 1.74 bits per heavy atom. The van der Waals surface area contributed by atoms with Crippen LogP contribution in [0.3, 0.4) is 0 Å². The number of hydrogen-bond donors (Lipinski definition) is 1. The molecule has 0 bridgehead atoms. The van der Waals surface area contributed by atoms with Crippen molar-refractivity contribution in [2.45, 2.75) is 45.1 Å². The molecule has 1 aliphatic carbocycles. The topological polar surface area (TPSA) is 46.2 Å². The van der Waals surface area contributed by atoms with E-state index in [1.165, 1.54) is 24.6 Å². The Balaban J connectivity index is 1.69. The number of benzene rings is 2. The van der Waals surface area contributed by atoms with E-state index in [4.69, 9.17) is 0 Å². The van der Waals surface area contributed by atoms with Gasteiger partial charge in [0.2, 0.25) is 10.0 Å². The smallest absolute Gasteiger partial charge is 0.212 e. The fourth-order valence-corrected chi connectivity index (χ4v) is 5.25. The molecule has 1 aliphatic rings. The van der Waals surface area contributed by atoms with E-state index in [1.54, 1.807) is 0 Å². The van der Waals surface area contributed by atoms with Gasteiger partial charge in [0.25, 0.3) is 0 Å². The van der Waals surface area contributed by atoms with Crippen LogP contribution in [0.5, 0.6) is 0 Å². The third kappa shape index (κ3) is 4.33. The van der Waals surface area contributed by atoms with Crippen molar-refractivity contribution < 1.29 is 8.42 Å². The van der Waals surface area contributed by atoms with E-state index in [9.17, 15) is 8.42 Å². The summed E-state index contributed by atoms with van der Waals surface area (Å²) < 4.78 is 27.7. The van der Waals surface area contributed by atoms with Gasteiger partial charge in [-0.15, -0.1) is 0 Å². The zero-order valence-corrected chi connectivity index (χ0v) is 14.5. The summed E-state index contributed by atoms with van der Waals surface area (Å²) in [5.41, 5.74) is 1.01. The van der Waals surface area contributed by atoms with Crippen LogP contribution in [0.1, 0.15) is 50.6 Å². The second kappa shape index (κ2) is 7.02. The number of nitrogens with one attached hydrogen (secondary N) is 1. The van der Waals surface area contributed by atoms with Crippen LogP contribution in [-0.2, 0) is 10.0 Å². The first-order valence-corrected chi connectivity index (χ1v) is 10.2. The lowest BCUT2D eigenvalue weighted by molar-refractivity contribution is 0.383. The molecule has 3 nitrogen and oxygen atoms in total. The van der Waals surface area contributed by atoms with Crippen molar-refractivity contribution in [1.29, 1.82) is 0 Å². The van der Waals surface area contributed by atoms with E-state index in [0.29, 0.717) is 5.92 Å². The molecule has 0 aromatic heterocycles. The molecular formula is C19H25NO2S. The highest BCUT2D eigenvalue weighted by Gasteiger charge is 2.23. The predicted octanol–water partition coefficient (Wildman–Crippen LogP) is 4.40. The second-order valence-corrected chi connectivity index (χ2v) is 8.53. The SMILES string of the molecule is C[C@H](NS(=O)(=O)CC1CCCCC1)c1ccc2ccccc2c1. The number of hydrogen-bond acceptors (Lipinski definition) is 2. The second-order valence-electron chi connectivity index (χ2n) is 6.73. The highest BCUT2D eigenvalue weighted by Crippen LogP contribution is 2.26. The van der Waals surface area contributed by atoms with Crippen molar-refractivity contribution in [1.82, 2.24) is 4.72 Å². The van der Waals surface area contributed by atoms with Gasteiger partial charge in [-0.25, -0.2) is 13.1 Å². The molecule has 0 spiro atoms. The minimum atomic E-state index is -3.23. The maximum absolute atomic E-state index is 12.4. The Labute approximate surface area is 139 Å². The summed E-state index contributed by atoms with van der Waals surface area (Å²) in [4.78, 5) is 0. The maximum atomic E-state index is 12.4. The largest absolute Gasteiger partial charge is 0.212 e. The fourth-order valence-electron chi connectivity index (χ4n) is 3.53. The minimum Gasteiger partial charge on any atom is -0.212 e. The van der Waals surface area contributed by atoms with Gasteiger partial charge in [-0.3, -0.25) is 0 Å². The number of rotatable bonds is 5. The summed E-state index contributed by atoms with van der Waals surface area (Å²) in [7, 11) is -3.23. The molecule has 0 radical (unpaired) electrons. The molecule has 1 atom stereocenters. The van der Waals surface area contributed by atoms with Crippen LogP contribution in [0, 0.1) is 5.92 Å². The Bertz CT molecular complexity index is 764. The lowest BCUT2D eigenvalue weighted by atomic mass is 9.91. The van der Waals surface area contributed by atoms with E-state index in [2.05, 4.69) is 29.0 Å². The van der Waals surface area contributed by atoms with Crippen LogP contribution in [0.4, 0.5) is 0 Å². The van der Waals surface area contributed by atoms with Crippen molar-refractivity contribution in [2.24, 2.45) is 5.92 Å². The van der Waals surface area contributed by atoms with E-state index >= 15 is 0 Å². The van der Waals surface area contributed by atoms with Crippen molar-refractivity contribution in [2.75, 3.05) is 5.75 Å². The zero-order valence-electron chi connectivity index (χ0n) is 13.7. The van der Waals surface area contributed by atoms with Gasteiger partial charge in [-0.05, 0) is 48.1 Å². The molecule has 2 aromatic carbocycles. The standard InChI is InChI=1S/C19H25NO2S/c1-15(18-12-11-17-9-5-6-10-19(17)13-18)20-23(21,22)14-16-7-3-2-4-8-16/h5-6,9-13,15-16,20H,2-4,7-8,14H2,1H3/t15-/m0/s1.